The van der Waals surface area contributed by atoms with E-state index in [1.54, 1.807) is 6.07 Å². The standard InChI is InChI=1S/C20H27ClN4O3/c1-2-27-12-6-10-22-20(26)15-7-5-11-25(13-15)14-18-23-19(24-28-18)16-8-3-4-9-17(16)21/h3-4,8-9,15H,2,5-7,10-14H2,1H3,(H,22,26). The van der Waals surface area contributed by atoms with Gasteiger partial charge in [0.25, 0.3) is 0 Å². The smallest absolute Gasteiger partial charge is 0.241 e. The molecule has 2 heterocycles. The van der Waals surface area contributed by atoms with Gasteiger partial charge in [0, 0.05) is 31.9 Å². The quantitative estimate of drug-likeness (QED) is 0.644. The third-order valence-electron chi connectivity index (χ3n) is 4.79. The first-order chi connectivity index (χ1) is 13.7. The lowest BCUT2D eigenvalue weighted by molar-refractivity contribution is -0.126. The lowest BCUT2D eigenvalue weighted by atomic mass is 9.97. The highest BCUT2D eigenvalue weighted by atomic mass is 35.5. The summed E-state index contributed by atoms with van der Waals surface area (Å²) in [5.41, 5.74) is 0.752. The Morgan fingerprint density at radius 1 is 1.43 bits per heavy atom. The molecule has 0 spiro atoms. The van der Waals surface area contributed by atoms with Crippen LogP contribution < -0.4 is 5.32 Å². The molecule has 1 aromatic carbocycles. The Hall–Kier alpha value is -1.96. The molecule has 1 aromatic heterocycles. The highest BCUT2D eigenvalue weighted by molar-refractivity contribution is 6.33. The highest BCUT2D eigenvalue weighted by Gasteiger charge is 2.26. The van der Waals surface area contributed by atoms with Gasteiger partial charge in [-0.05, 0) is 44.9 Å². The lowest BCUT2D eigenvalue weighted by Crippen LogP contribution is -2.43. The van der Waals surface area contributed by atoms with Gasteiger partial charge in [0.05, 0.1) is 17.5 Å². The van der Waals surface area contributed by atoms with Crippen LogP contribution in [0.1, 0.15) is 32.1 Å². The van der Waals surface area contributed by atoms with Crippen molar-refractivity contribution in [2.75, 3.05) is 32.8 Å². The summed E-state index contributed by atoms with van der Waals surface area (Å²) in [4.78, 5) is 19.1. The molecule has 1 N–H and O–H groups in total. The van der Waals surface area contributed by atoms with Gasteiger partial charge in [0.1, 0.15) is 0 Å². The van der Waals surface area contributed by atoms with Crippen LogP contribution in [0.5, 0.6) is 0 Å². The second-order valence-electron chi connectivity index (χ2n) is 6.91. The number of likely N-dealkylation sites (tertiary alicyclic amines) is 1. The van der Waals surface area contributed by atoms with Gasteiger partial charge in [-0.1, -0.05) is 28.9 Å². The number of carbonyl (C=O) groups is 1. The largest absolute Gasteiger partial charge is 0.382 e. The Balaban J connectivity index is 1.50. The van der Waals surface area contributed by atoms with Gasteiger partial charge < -0.3 is 14.6 Å². The first-order valence-corrected chi connectivity index (χ1v) is 10.2. The van der Waals surface area contributed by atoms with Crippen LogP contribution in [-0.4, -0.2) is 53.8 Å². The van der Waals surface area contributed by atoms with Crippen LogP contribution in [0.3, 0.4) is 0 Å². The lowest BCUT2D eigenvalue weighted by Gasteiger charge is -2.30. The van der Waals surface area contributed by atoms with Gasteiger partial charge in [-0.15, -0.1) is 0 Å². The average Bonchev–Trinajstić information content (AvgIpc) is 3.16. The number of nitrogens with one attached hydrogen (secondary N) is 1. The van der Waals surface area contributed by atoms with E-state index in [0.717, 1.165) is 31.4 Å². The van der Waals surface area contributed by atoms with Gasteiger partial charge in [-0.3, -0.25) is 9.69 Å². The molecule has 1 aliphatic heterocycles. The maximum Gasteiger partial charge on any atom is 0.241 e. The number of aromatic nitrogens is 2. The number of piperidine rings is 1. The number of amides is 1. The maximum absolute atomic E-state index is 12.4. The predicted molar refractivity (Wildman–Crippen MR) is 107 cm³/mol. The number of carbonyl (C=O) groups excluding carboxylic acids is 1. The van der Waals surface area contributed by atoms with E-state index in [1.165, 1.54) is 0 Å². The Labute approximate surface area is 170 Å². The third-order valence-corrected chi connectivity index (χ3v) is 5.12. The van der Waals surface area contributed by atoms with Crippen LogP contribution in [0.4, 0.5) is 0 Å². The van der Waals surface area contributed by atoms with E-state index in [-0.39, 0.29) is 11.8 Å². The van der Waals surface area contributed by atoms with Crippen LogP contribution in [0.25, 0.3) is 11.4 Å². The van der Waals surface area contributed by atoms with Gasteiger partial charge >= 0.3 is 0 Å². The molecule has 0 radical (unpaired) electrons. The molecular formula is C20H27ClN4O3. The zero-order valence-electron chi connectivity index (χ0n) is 16.2. The normalized spacial score (nSPS) is 17.6. The van der Waals surface area contributed by atoms with Crippen LogP contribution >= 0.6 is 11.6 Å². The molecule has 0 saturated carbocycles. The summed E-state index contributed by atoms with van der Waals surface area (Å²) in [6.45, 7) is 6.15. The minimum Gasteiger partial charge on any atom is -0.382 e. The average molecular weight is 407 g/mol. The van der Waals surface area contributed by atoms with E-state index in [2.05, 4.69) is 20.4 Å². The second kappa shape index (κ2) is 10.5. The van der Waals surface area contributed by atoms with Crippen LogP contribution in [0, 0.1) is 5.92 Å². The van der Waals surface area contributed by atoms with E-state index in [4.69, 9.17) is 20.9 Å². The van der Waals surface area contributed by atoms with E-state index >= 15 is 0 Å². The van der Waals surface area contributed by atoms with E-state index in [9.17, 15) is 4.79 Å². The molecule has 152 valence electrons. The number of nitrogens with zero attached hydrogens (tertiary/aromatic N) is 3. The molecule has 0 bridgehead atoms. The highest BCUT2D eigenvalue weighted by Crippen LogP contribution is 2.25. The summed E-state index contributed by atoms with van der Waals surface area (Å²) in [6.07, 6.45) is 2.72. The molecule has 7 nitrogen and oxygen atoms in total. The Morgan fingerprint density at radius 3 is 3.11 bits per heavy atom. The molecule has 1 atom stereocenters. The third kappa shape index (κ3) is 5.77. The fourth-order valence-corrected chi connectivity index (χ4v) is 3.57. The molecule has 2 aromatic rings. The summed E-state index contributed by atoms with van der Waals surface area (Å²) in [7, 11) is 0. The summed E-state index contributed by atoms with van der Waals surface area (Å²) < 4.78 is 10.7. The Bertz CT molecular complexity index is 767. The van der Waals surface area contributed by atoms with Crippen molar-refractivity contribution >= 4 is 17.5 Å². The number of halogens is 1. The van der Waals surface area contributed by atoms with Gasteiger partial charge in [0.15, 0.2) is 0 Å². The summed E-state index contributed by atoms with van der Waals surface area (Å²) in [6, 6.07) is 7.42. The first-order valence-electron chi connectivity index (χ1n) is 9.82. The van der Waals surface area contributed by atoms with Crippen LogP contribution in [0.15, 0.2) is 28.8 Å². The fourth-order valence-electron chi connectivity index (χ4n) is 3.35. The first kappa shape index (κ1) is 20.8. The van der Waals surface area contributed by atoms with E-state index in [1.807, 2.05) is 25.1 Å². The van der Waals surface area contributed by atoms with Crippen molar-refractivity contribution in [3.63, 3.8) is 0 Å². The monoisotopic (exact) mass is 406 g/mol. The second-order valence-corrected chi connectivity index (χ2v) is 7.31. The van der Waals surface area contributed by atoms with Crippen molar-refractivity contribution in [3.8, 4) is 11.4 Å². The maximum atomic E-state index is 12.4. The molecule has 1 saturated heterocycles. The minimum absolute atomic E-state index is 0.00759. The fraction of sp³-hybridized carbons (Fsp3) is 0.550. The number of hydrogen-bond donors (Lipinski definition) is 1. The van der Waals surface area contributed by atoms with E-state index in [0.29, 0.717) is 49.6 Å². The summed E-state index contributed by atoms with van der Waals surface area (Å²) >= 11 is 6.20. The number of rotatable bonds is 9. The minimum atomic E-state index is -0.00759. The number of benzene rings is 1. The molecule has 28 heavy (non-hydrogen) atoms. The molecule has 8 heteroatoms. The van der Waals surface area contributed by atoms with Crippen molar-refractivity contribution in [1.82, 2.24) is 20.4 Å². The zero-order valence-corrected chi connectivity index (χ0v) is 17.0. The number of hydrogen-bond acceptors (Lipinski definition) is 6. The van der Waals surface area contributed by atoms with Crippen molar-refractivity contribution in [2.45, 2.75) is 32.7 Å². The molecule has 1 unspecified atom stereocenters. The van der Waals surface area contributed by atoms with Gasteiger partial charge in [-0.25, -0.2) is 0 Å². The molecule has 1 amide bonds. The van der Waals surface area contributed by atoms with Crippen molar-refractivity contribution in [2.24, 2.45) is 5.92 Å². The summed E-state index contributed by atoms with van der Waals surface area (Å²) in [5, 5.41) is 7.65. The molecule has 1 fully saturated rings. The Morgan fingerprint density at radius 2 is 2.29 bits per heavy atom. The van der Waals surface area contributed by atoms with Gasteiger partial charge in [0.2, 0.25) is 17.6 Å². The molecule has 3 rings (SSSR count). The Kier molecular flexibility index (Phi) is 7.82. The molecular weight excluding hydrogens is 380 g/mol. The zero-order chi connectivity index (χ0) is 19.8. The predicted octanol–water partition coefficient (Wildman–Crippen LogP) is 3.14. The molecule has 0 aliphatic carbocycles. The molecule has 1 aliphatic rings. The van der Waals surface area contributed by atoms with Gasteiger partial charge in [-0.2, -0.15) is 4.98 Å². The SMILES string of the molecule is CCOCCCNC(=O)C1CCCN(Cc2nc(-c3ccccc3Cl)no2)C1. The van der Waals surface area contributed by atoms with Crippen molar-refractivity contribution in [1.29, 1.82) is 0 Å². The number of ether oxygens (including phenoxy) is 1. The van der Waals surface area contributed by atoms with Crippen LogP contribution in [-0.2, 0) is 16.1 Å². The topological polar surface area (TPSA) is 80.5 Å². The van der Waals surface area contributed by atoms with E-state index < -0.39 is 0 Å². The summed E-state index contributed by atoms with van der Waals surface area (Å²) in [5.74, 6) is 1.13. The van der Waals surface area contributed by atoms with Crippen molar-refractivity contribution < 1.29 is 14.1 Å². The van der Waals surface area contributed by atoms with Crippen LogP contribution in [0.2, 0.25) is 5.02 Å². The van der Waals surface area contributed by atoms with Crippen molar-refractivity contribution in [3.05, 3.63) is 35.2 Å².